The van der Waals surface area contributed by atoms with Crippen LogP contribution in [-0.2, 0) is 33.0 Å². The van der Waals surface area contributed by atoms with Gasteiger partial charge in [-0.1, -0.05) is 36.7 Å². The van der Waals surface area contributed by atoms with Gasteiger partial charge in [0, 0.05) is 48.9 Å². The Morgan fingerprint density at radius 1 is 1.22 bits per heavy atom. The van der Waals surface area contributed by atoms with Crippen LogP contribution in [0.2, 0.25) is 5.02 Å². The molecule has 0 radical (unpaired) electrons. The highest BCUT2D eigenvalue weighted by Crippen LogP contribution is 2.47. The van der Waals surface area contributed by atoms with Gasteiger partial charge in [0.05, 0.1) is 35.9 Å². The minimum absolute atomic E-state index is 0.00651. The number of hydrogen-bond acceptors (Lipinski definition) is 7. The molecule has 12 heteroatoms. The van der Waals surface area contributed by atoms with Crippen LogP contribution < -0.4 is 14.4 Å². The van der Waals surface area contributed by atoms with Gasteiger partial charge in [-0.2, -0.15) is 5.10 Å². The van der Waals surface area contributed by atoms with E-state index in [0.29, 0.717) is 42.7 Å². The van der Waals surface area contributed by atoms with Crippen molar-refractivity contribution in [3.63, 3.8) is 0 Å². The first kappa shape index (κ1) is 34.8. The summed E-state index contributed by atoms with van der Waals surface area (Å²) >= 11 is 6.45. The van der Waals surface area contributed by atoms with Crippen LogP contribution in [0.1, 0.15) is 77.8 Å². The van der Waals surface area contributed by atoms with E-state index in [0.717, 1.165) is 55.9 Å². The van der Waals surface area contributed by atoms with Crippen molar-refractivity contribution in [3.8, 4) is 5.75 Å². The van der Waals surface area contributed by atoms with Crippen LogP contribution in [0.25, 0.3) is 0 Å². The lowest BCUT2D eigenvalue weighted by Gasteiger charge is -2.46. The third-order valence-corrected chi connectivity index (χ3v) is 13.2. The lowest BCUT2D eigenvalue weighted by Crippen LogP contribution is -2.49. The van der Waals surface area contributed by atoms with Crippen molar-refractivity contribution < 1.29 is 23.3 Å². The van der Waals surface area contributed by atoms with Gasteiger partial charge in [0.2, 0.25) is 0 Å². The topological polar surface area (TPSA) is 115 Å². The fourth-order valence-electron chi connectivity index (χ4n) is 8.22. The largest absolute Gasteiger partial charge is 0.490 e. The van der Waals surface area contributed by atoms with Gasteiger partial charge in [-0.05, 0) is 105 Å². The smallest absolute Gasteiger partial charge is 0.286 e. The van der Waals surface area contributed by atoms with Crippen molar-refractivity contribution in [3.05, 3.63) is 88.2 Å². The van der Waals surface area contributed by atoms with Crippen LogP contribution in [0, 0.1) is 17.8 Å². The molecule has 2 aliphatic carbocycles. The molecule has 2 bridgehead atoms. The van der Waals surface area contributed by atoms with Crippen molar-refractivity contribution in [2.75, 3.05) is 37.5 Å². The molecule has 7 rings (SSSR count). The molecule has 4 aliphatic rings. The van der Waals surface area contributed by atoms with E-state index in [2.05, 4.69) is 43.4 Å². The Hall–Kier alpha value is -3.67. The van der Waals surface area contributed by atoms with E-state index in [-0.39, 0.29) is 28.8 Å². The number of carbonyl (C=O) groups is 2. The van der Waals surface area contributed by atoms with Crippen LogP contribution in [-0.4, -0.2) is 64.5 Å². The van der Waals surface area contributed by atoms with Gasteiger partial charge in [0.25, 0.3) is 11.8 Å². The average Bonchev–Trinajstić information content (AvgIpc) is 3.52. The SMILES string of the molecule is CCn1cc(C(=O)NS2(=O)=NC(=O)c3ccc4c(c3)N(C[C@@H]3CC[C@H]3[C@@H](OC)/C=C/C[C@H](C)C2)C[C@@]2(CCCc3cc(Cl)ccc32)CO4)cn1. The molecule has 1 aromatic heterocycles. The maximum absolute atomic E-state index is 14.5. The van der Waals surface area contributed by atoms with E-state index in [1.807, 2.05) is 32.0 Å². The van der Waals surface area contributed by atoms with Crippen molar-refractivity contribution in [1.29, 1.82) is 0 Å². The molecule has 2 amide bonds. The number of rotatable bonds is 4. The lowest BCUT2D eigenvalue weighted by atomic mass is 9.68. The number of benzene rings is 2. The number of carbonyl (C=O) groups excluding carboxylic acids is 2. The van der Waals surface area contributed by atoms with E-state index in [1.54, 1.807) is 24.1 Å². The molecule has 2 aromatic carbocycles. The Kier molecular flexibility index (Phi) is 9.84. The fourth-order valence-corrected chi connectivity index (χ4v) is 10.3. The van der Waals surface area contributed by atoms with Gasteiger partial charge in [-0.15, -0.1) is 4.36 Å². The molecule has 0 saturated heterocycles. The monoisotopic (exact) mass is 719 g/mol. The van der Waals surface area contributed by atoms with Crippen LogP contribution in [0.3, 0.4) is 0 Å². The number of anilines is 1. The van der Waals surface area contributed by atoms with Crippen molar-refractivity contribution in [2.24, 2.45) is 22.1 Å². The first-order valence-electron chi connectivity index (χ1n) is 17.7. The molecule has 6 atom stereocenters. The number of fused-ring (bicyclic) bond motifs is 4. The summed E-state index contributed by atoms with van der Waals surface area (Å²) in [6, 6.07) is 11.6. The fraction of sp³-hybridized carbons (Fsp3) is 0.500. The van der Waals surface area contributed by atoms with Crippen LogP contribution in [0.5, 0.6) is 5.75 Å². The molecule has 2 aliphatic heterocycles. The molecule has 1 spiro atoms. The predicted octanol–water partition coefficient (Wildman–Crippen LogP) is 6.62. The molecule has 3 heterocycles. The normalized spacial score (nSPS) is 30.2. The van der Waals surface area contributed by atoms with Gasteiger partial charge in [0.1, 0.15) is 15.7 Å². The number of aryl methyl sites for hydroxylation is 2. The number of nitrogens with zero attached hydrogens (tertiary/aromatic N) is 4. The zero-order chi connectivity index (χ0) is 35.0. The number of nitrogens with one attached hydrogen (secondary N) is 1. The second-order valence-electron chi connectivity index (χ2n) is 14.5. The third-order valence-electron chi connectivity index (χ3n) is 11.0. The maximum Gasteiger partial charge on any atom is 0.286 e. The summed E-state index contributed by atoms with van der Waals surface area (Å²) in [5, 5.41) is 4.92. The molecular formula is C38H46ClN5O5S. The van der Waals surface area contributed by atoms with Crippen LogP contribution >= 0.6 is 11.6 Å². The first-order valence-corrected chi connectivity index (χ1v) is 19.8. The van der Waals surface area contributed by atoms with E-state index >= 15 is 0 Å². The molecule has 1 saturated carbocycles. The molecule has 10 nitrogen and oxygen atoms in total. The summed E-state index contributed by atoms with van der Waals surface area (Å²) in [7, 11) is -1.76. The second-order valence-corrected chi connectivity index (χ2v) is 16.9. The zero-order valence-corrected chi connectivity index (χ0v) is 30.5. The van der Waals surface area contributed by atoms with Crippen LogP contribution in [0.15, 0.2) is 65.3 Å². The molecule has 3 aromatic rings. The standard InChI is InChI=1S/C38H46ClN5O5S/c1-4-44-21-29(19-40-44)37(46)42-50(47)22-25(2)7-5-9-34(48-3)31-13-10-28(31)20-43-23-38(16-6-8-26-17-30(39)12-14-32(26)38)24-49-35-15-11-27(18-33(35)43)36(45)41-50/h5,9,11-12,14-15,17-19,21,25,28,31,34H,4,6-8,10,13,16,20,22-24H2,1-3H3,(H,41,42,45,46,47)/b9-5+/t25-,28-,31+,34-,38-,50?/m0/s1. The van der Waals surface area contributed by atoms with Gasteiger partial charge in [-0.25, -0.2) is 4.21 Å². The molecule has 266 valence electrons. The summed E-state index contributed by atoms with van der Waals surface area (Å²) in [4.78, 5) is 29.7. The Bertz CT molecular complexity index is 1940. The number of methoxy groups -OCH3 is 1. The Morgan fingerprint density at radius 3 is 2.84 bits per heavy atom. The minimum atomic E-state index is -3.52. The lowest BCUT2D eigenvalue weighted by molar-refractivity contribution is 0.0131. The van der Waals surface area contributed by atoms with E-state index in [9.17, 15) is 13.8 Å². The summed E-state index contributed by atoms with van der Waals surface area (Å²) < 4.78 is 35.7. The number of aromatic nitrogens is 2. The van der Waals surface area contributed by atoms with E-state index in [4.69, 9.17) is 21.1 Å². The highest BCUT2D eigenvalue weighted by molar-refractivity contribution is 7.92. The van der Waals surface area contributed by atoms with E-state index in [1.165, 1.54) is 17.3 Å². The summed E-state index contributed by atoms with van der Waals surface area (Å²) in [5.74, 6) is 0.0720. The third kappa shape index (κ3) is 6.96. The highest BCUT2D eigenvalue weighted by Gasteiger charge is 2.44. The molecule has 1 unspecified atom stereocenters. The average molecular weight is 720 g/mol. The summed E-state index contributed by atoms with van der Waals surface area (Å²) in [6.07, 6.45) is 12.9. The van der Waals surface area contributed by atoms with Gasteiger partial charge >= 0.3 is 0 Å². The van der Waals surface area contributed by atoms with Crippen LogP contribution in [0.4, 0.5) is 5.69 Å². The number of allylic oxidation sites excluding steroid dienone is 1. The Labute approximate surface area is 299 Å². The minimum Gasteiger partial charge on any atom is -0.490 e. The van der Waals surface area contributed by atoms with Gasteiger partial charge in [-0.3, -0.25) is 19.0 Å². The molecular weight excluding hydrogens is 674 g/mol. The number of amides is 2. The maximum atomic E-state index is 14.5. The predicted molar refractivity (Wildman–Crippen MR) is 195 cm³/mol. The summed E-state index contributed by atoms with van der Waals surface area (Å²) in [6.45, 7) is 6.45. The highest BCUT2D eigenvalue weighted by atomic mass is 35.5. The number of halogens is 1. The molecule has 1 N–H and O–H groups in total. The number of ether oxygens (including phenoxy) is 2. The molecule has 1 fully saturated rings. The Balaban J connectivity index is 1.30. The van der Waals surface area contributed by atoms with Crippen molar-refractivity contribution in [1.82, 2.24) is 14.5 Å². The molecule has 50 heavy (non-hydrogen) atoms. The van der Waals surface area contributed by atoms with Crippen molar-refractivity contribution >= 4 is 39.0 Å². The zero-order valence-electron chi connectivity index (χ0n) is 29.0. The van der Waals surface area contributed by atoms with E-state index < -0.39 is 21.7 Å². The Morgan fingerprint density at radius 2 is 2.08 bits per heavy atom. The quantitative estimate of drug-likeness (QED) is 0.302. The summed E-state index contributed by atoms with van der Waals surface area (Å²) in [5.41, 5.74) is 3.66. The second kappa shape index (κ2) is 14.2. The van der Waals surface area contributed by atoms with Gasteiger partial charge in [0.15, 0.2) is 0 Å². The number of hydrogen-bond donors (Lipinski definition) is 1. The van der Waals surface area contributed by atoms with Gasteiger partial charge < -0.3 is 14.4 Å². The van der Waals surface area contributed by atoms with Crippen molar-refractivity contribution in [2.45, 2.75) is 70.4 Å². The first-order chi connectivity index (χ1) is 24.1.